The third kappa shape index (κ3) is 10.7. The second-order valence-electron chi connectivity index (χ2n) is 5.79. The number of hydrogen-bond acceptors (Lipinski definition) is 3. The second kappa shape index (κ2) is 14.3. The van der Waals surface area contributed by atoms with Crippen LogP contribution in [-0.2, 0) is 11.3 Å². The van der Waals surface area contributed by atoms with E-state index < -0.39 is 0 Å². The molecule has 0 aliphatic heterocycles. The molecule has 1 aromatic carbocycles. The van der Waals surface area contributed by atoms with Crippen molar-refractivity contribution in [3.8, 4) is 5.75 Å². The van der Waals surface area contributed by atoms with E-state index in [0.29, 0.717) is 12.5 Å². The quantitative estimate of drug-likeness (QED) is 0.249. The van der Waals surface area contributed by atoms with E-state index in [9.17, 15) is 0 Å². The van der Waals surface area contributed by atoms with Gasteiger partial charge in [0, 0.05) is 26.3 Å². The monoisotopic (exact) mass is 449 g/mol. The molecule has 2 N–H and O–H groups in total. The maximum absolute atomic E-state index is 5.58. The minimum Gasteiger partial charge on any atom is -0.497 e. The number of guanidine groups is 1. The minimum atomic E-state index is 0. The molecule has 0 spiro atoms. The average molecular weight is 449 g/mol. The molecule has 1 aromatic rings. The van der Waals surface area contributed by atoms with Gasteiger partial charge in [-0.2, -0.15) is 0 Å². The van der Waals surface area contributed by atoms with Gasteiger partial charge in [0.1, 0.15) is 5.75 Å². The van der Waals surface area contributed by atoms with Gasteiger partial charge in [0.05, 0.1) is 13.7 Å². The molecule has 0 amide bonds. The summed E-state index contributed by atoms with van der Waals surface area (Å²) in [4.78, 5) is 4.60. The van der Waals surface area contributed by atoms with Crippen molar-refractivity contribution in [2.75, 3.05) is 33.4 Å². The van der Waals surface area contributed by atoms with Crippen molar-refractivity contribution < 1.29 is 9.47 Å². The van der Waals surface area contributed by atoms with E-state index in [1.807, 2.05) is 24.3 Å². The molecular weight excluding hydrogens is 417 g/mol. The van der Waals surface area contributed by atoms with Crippen LogP contribution < -0.4 is 15.4 Å². The number of benzene rings is 1. The van der Waals surface area contributed by atoms with Crippen LogP contribution in [0, 0.1) is 5.92 Å². The predicted octanol–water partition coefficient (Wildman–Crippen LogP) is 3.43. The van der Waals surface area contributed by atoms with Crippen LogP contribution >= 0.6 is 24.0 Å². The van der Waals surface area contributed by atoms with Crippen LogP contribution in [0.4, 0.5) is 0 Å². The third-order valence-corrected chi connectivity index (χ3v) is 3.13. The summed E-state index contributed by atoms with van der Waals surface area (Å²) in [5.74, 6) is 2.29. The number of hydrogen-bond donors (Lipinski definition) is 2. The topological polar surface area (TPSA) is 54.9 Å². The molecule has 0 aliphatic rings. The van der Waals surface area contributed by atoms with Crippen LogP contribution in [-0.4, -0.2) is 39.4 Å². The Morgan fingerprint density at radius 1 is 1.17 bits per heavy atom. The van der Waals surface area contributed by atoms with Gasteiger partial charge in [-0.1, -0.05) is 26.0 Å². The van der Waals surface area contributed by atoms with Gasteiger partial charge in [0.2, 0.25) is 0 Å². The van der Waals surface area contributed by atoms with E-state index in [1.165, 1.54) is 0 Å². The van der Waals surface area contributed by atoms with Crippen molar-refractivity contribution in [2.24, 2.45) is 10.9 Å². The molecule has 6 heteroatoms. The first-order chi connectivity index (χ1) is 11.2. The standard InChI is InChI=1S/C18H31N3O2.HI/c1-5-19-18(20-11-6-12-23-14-15(2)3)21-13-16-7-9-17(22-4)10-8-16;/h7-10,15H,5-6,11-14H2,1-4H3,(H2,19,20,21);1H. The van der Waals surface area contributed by atoms with Crippen molar-refractivity contribution in [3.63, 3.8) is 0 Å². The second-order valence-corrected chi connectivity index (χ2v) is 5.79. The molecule has 0 heterocycles. The summed E-state index contributed by atoms with van der Waals surface area (Å²) >= 11 is 0. The fraction of sp³-hybridized carbons (Fsp3) is 0.611. The minimum absolute atomic E-state index is 0. The fourth-order valence-electron chi connectivity index (χ4n) is 1.94. The Hall–Kier alpha value is -1.02. The van der Waals surface area contributed by atoms with Crippen molar-refractivity contribution >= 4 is 29.9 Å². The molecular formula is C18H32IN3O2. The molecule has 0 aliphatic carbocycles. The summed E-state index contributed by atoms with van der Waals surface area (Å²) in [5.41, 5.74) is 1.16. The smallest absolute Gasteiger partial charge is 0.191 e. The lowest BCUT2D eigenvalue weighted by Crippen LogP contribution is -2.38. The van der Waals surface area contributed by atoms with Gasteiger partial charge in [-0.25, -0.2) is 4.99 Å². The third-order valence-electron chi connectivity index (χ3n) is 3.13. The molecule has 0 saturated heterocycles. The van der Waals surface area contributed by atoms with Gasteiger partial charge in [0.15, 0.2) is 5.96 Å². The summed E-state index contributed by atoms with van der Waals surface area (Å²) < 4.78 is 10.7. The summed E-state index contributed by atoms with van der Waals surface area (Å²) in [6.45, 7) is 10.3. The van der Waals surface area contributed by atoms with Crippen molar-refractivity contribution in [2.45, 2.75) is 33.7 Å². The zero-order valence-corrected chi connectivity index (χ0v) is 17.6. The lowest BCUT2D eigenvalue weighted by Gasteiger charge is -2.12. The highest BCUT2D eigenvalue weighted by molar-refractivity contribution is 14.0. The zero-order chi connectivity index (χ0) is 16.9. The Kier molecular flexibility index (Phi) is 13.7. The van der Waals surface area contributed by atoms with Gasteiger partial charge >= 0.3 is 0 Å². The number of halogens is 1. The number of nitrogens with one attached hydrogen (secondary N) is 2. The molecule has 5 nitrogen and oxygen atoms in total. The van der Waals surface area contributed by atoms with Crippen molar-refractivity contribution in [1.82, 2.24) is 10.6 Å². The van der Waals surface area contributed by atoms with Crippen LogP contribution in [0.15, 0.2) is 29.3 Å². The number of nitrogens with zero attached hydrogens (tertiary/aromatic N) is 1. The molecule has 138 valence electrons. The number of aliphatic imine (C=N–C) groups is 1. The number of rotatable bonds is 10. The predicted molar refractivity (Wildman–Crippen MR) is 112 cm³/mol. The largest absolute Gasteiger partial charge is 0.497 e. The Bertz CT molecular complexity index is 450. The van der Waals surface area contributed by atoms with Crippen LogP contribution in [0.25, 0.3) is 0 Å². The first-order valence-electron chi connectivity index (χ1n) is 8.38. The molecule has 24 heavy (non-hydrogen) atoms. The normalized spacial score (nSPS) is 11.1. The maximum atomic E-state index is 5.58. The Balaban J connectivity index is 0.00000529. The molecule has 0 fully saturated rings. The van der Waals surface area contributed by atoms with E-state index in [1.54, 1.807) is 7.11 Å². The molecule has 0 unspecified atom stereocenters. The van der Waals surface area contributed by atoms with Crippen LogP contribution in [0.3, 0.4) is 0 Å². The number of methoxy groups -OCH3 is 1. The molecule has 0 saturated carbocycles. The summed E-state index contributed by atoms with van der Waals surface area (Å²) in [7, 11) is 1.67. The van der Waals surface area contributed by atoms with Crippen molar-refractivity contribution in [1.29, 1.82) is 0 Å². The highest BCUT2D eigenvalue weighted by Gasteiger charge is 1.99. The maximum Gasteiger partial charge on any atom is 0.191 e. The van der Waals surface area contributed by atoms with Gasteiger partial charge in [-0.05, 0) is 37.0 Å². The van der Waals surface area contributed by atoms with E-state index in [0.717, 1.165) is 50.0 Å². The molecule has 0 bridgehead atoms. The molecule has 0 aromatic heterocycles. The Morgan fingerprint density at radius 2 is 1.88 bits per heavy atom. The van der Waals surface area contributed by atoms with Crippen LogP contribution in [0.1, 0.15) is 32.8 Å². The van der Waals surface area contributed by atoms with Gasteiger partial charge in [-0.15, -0.1) is 24.0 Å². The van der Waals surface area contributed by atoms with E-state index in [2.05, 4.69) is 36.4 Å². The zero-order valence-electron chi connectivity index (χ0n) is 15.3. The first-order valence-corrected chi connectivity index (χ1v) is 8.38. The summed E-state index contributed by atoms with van der Waals surface area (Å²) in [5, 5.41) is 6.59. The average Bonchev–Trinajstić information content (AvgIpc) is 2.55. The Morgan fingerprint density at radius 3 is 2.46 bits per heavy atom. The fourth-order valence-corrected chi connectivity index (χ4v) is 1.94. The number of ether oxygens (including phenoxy) is 2. The highest BCUT2D eigenvalue weighted by atomic mass is 127. The summed E-state index contributed by atoms with van der Waals surface area (Å²) in [6, 6.07) is 7.98. The lowest BCUT2D eigenvalue weighted by molar-refractivity contribution is 0.108. The van der Waals surface area contributed by atoms with E-state index in [-0.39, 0.29) is 24.0 Å². The van der Waals surface area contributed by atoms with Gasteiger partial charge < -0.3 is 20.1 Å². The molecule has 1 rings (SSSR count). The van der Waals surface area contributed by atoms with Crippen LogP contribution in [0.5, 0.6) is 5.75 Å². The molecule has 0 atom stereocenters. The van der Waals surface area contributed by atoms with Gasteiger partial charge in [0.25, 0.3) is 0 Å². The SMILES string of the molecule is CCNC(=NCc1ccc(OC)cc1)NCCCOCC(C)C.I. The van der Waals surface area contributed by atoms with Crippen LogP contribution in [0.2, 0.25) is 0 Å². The highest BCUT2D eigenvalue weighted by Crippen LogP contribution is 2.11. The molecule has 0 radical (unpaired) electrons. The first kappa shape index (κ1) is 23.0. The van der Waals surface area contributed by atoms with E-state index >= 15 is 0 Å². The van der Waals surface area contributed by atoms with E-state index in [4.69, 9.17) is 9.47 Å². The lowest BCUT2D eigenvalue weighted by atomic mass is 10.2. The Labute approximate surface area is 163 Å². The summed E-state index contributed by atoms with van der Waals surface area (Å²) in [6.07, 6.45) is 0.972. The van der Waals surface area contributed by atoms with Crippen molar-refractivity contribution in [3.05, 3.63) is 29.8 Å². The van der Waals surface area contributed by atoms with Gasteiger partial charge in [-0.3, -0.25) is 0 Å².